The van der Waals surface area contributed by atoms with Gasteiger partial charge in [0.2, 0.25) is 0 Å². The van der Waals surface area contributed by atoms with Crippen molar-refractivity contribution in [2.45, 2.75) is 13.3 Å². The molecule has 0 aliphatic carbocycles. The van der Waals surface area contributed by atoms with Gasteiger partial charge in [-0.15, -0.1) is 0 Å². The van der Waals surface area contributed by atoms with Crippen LogP contribution in [0.3, 0.4) is 0 Å². The summed E-state index contributed by atoms with van der Waals surface area (Å²) in [5.74, 6) is 2.01. The Balaban J connectivity index is 1.74. The lowest BCUT2D eigenvalue weighted by atomic mass is 10.2. The van der Waals surface area contributed by atoms with Gasteiger partial charge in [0.25, 0.3) is 5.69 Å². The smallest absolute Gasteiger partial charge is 0.269 e. The fourth-order valence-corrected chi connectivity index (χ4v) is 1.99. The number of benzene rings is 2. The van der Waals surface area contributed by atoms with Crippen LogP contribution in [0.25, 0.3) is 0 Å². The molecule has 122 valence electrons. The summed E-state index contributed by atoms with van der Waals surface area (Å²) in [6, 6.07) is 11.8. The number of methoxy groups -OCH3 is 1. The molecular weight excluding hydrogens is 298 g/mol. The zero-order valence-electron chi connectivity index (χ0n) is 13.2. The molecule has 0 N–H and O–H groups in total. The van der Waals surface area contributed by atoms with E-state index in [9.17, 15) is 10.1 Å². The predicted octanol–water partition coefficient (Wildman–Crippen LogP) is 3.76. The van der Waals surface area contributed by atoms with Crippen molar-refractivity contribution >= 4 is 5.69 Å². The van der Waals surface area contributed by atoms with Crippen molar-refractivity contribution in [3.05, 3.63) is 58.1 Å². The molecule has 0 unspecified atom stereocenters. The number of nitro benzene ring substituents is 1. The van der Waals surface area contributed by atoms with Gasteiger partial charge >= 0.3 is 0 Å². The highest BCUT2D eigenvalue weighted by molar-refractivity contribution is 5.42. The summed E-state index contributed by atoms with van der Waals surface area (Å²) in [4.78, 5) is 10.1. The molecule has 2 rings (SSSR count). The van der Waals surface area contributed by atoms with E-state index < -0.39 is 4.92 Å². The van der Waals surface area contributed by atoms with E-state index in [2.05, 4.69) is 0 Å². The highest BCUT2D eigenvalue weighted by Crippen LogP contribution is 2.27. The number of nitro groups is 1. The van der Waals surface area contributed by atoms with Crippen LogP contribution in [-0.2, 0) is 0 Å². The van der Waals surface area contributed by atoms with Gasteiger partial charge in [-0.25, -0.2) is 0 Å². The molecule has 23 heavy (non-hydrogen) atoms. The molecule has 2 aromatic carbocycles. The van der Waals surface area contributed by atoms with Gasteiger partial charge in [0, 0.05) is 18.6 Å². The monoisotopic (exact) mass is 317 g/mol. The van der Waals surface area contributed by atoms with E-state index in [1.807, 2.05) is 25.1 Å². The number of non-ortho nitro benzene ring substituents is 1. The van der Waals surface area contributed by atoms with Gasteiger partial charge in [-0.1, -0.05) is 6.07 Å². The summed E-state index contributed by atoms with van der Waals surface area (Å²) in [6.07, 6.45) is 0.689. The Bertz CT molecular complexity index is 655. The SMILES string of the molecule is COc1cc(C)ccc1OCCCOc1ccc([N+](=O)[O-])cc1. The maximum atomic E-state index is 10.6. The lowest BCUT2D eigenvalue weighted by Crippen LogP contribution is -2.05. The minimum Gasteiger partial charge on any atom is -0.493 e. The van der Waals surface area contributed by atoms with Crippen molar-refractivity contribution in [2.24, 2.45) is 0 Å². The molecule has 6 heteroatoms. The third-order valence-electron chi connectivity index (χ3n) is 3.18. The summed E-state index contributed by atoms with van der Waals surface area (Å²) in [5.41, 5.74) is 1.16. The maximum absolute atomic E-state index is 10.6. The van der Waals surface area contributed by atoms with E-state index >= 15 is 0 Å². The first kappa shape index (κ1) is 16.6. The fourth-order valence-electron chi connectivity index (χ4n) is 1.99. The molecule has 0 atom stereocenters. The second-order valence-corrected chi connectivity index (χ2v) is 4.96. The van der Waals surface area contributed by atoms with E-state index in [1.165, 1.54) is 12.1 Å². The molecular formula is C17H19NO5. The van der Waals surface area contributed by atoms with Gasteiger partial charge < -0.3 is 14.2 Å². The zero-order chi connectivity index (χ0) is 16.7. The van der Waals surface area contributed by atoms with Crippen LogP contribution in [0.2, 0.25) is 0 Å². The maximum Gasteiger partial charge on any atom is 0.269 e. The molecule has 0 spiro atoms. The van der Waals surface area contributed by atoms with E-state index in [0.29, 0.717) is 36.9 Å². The molecule has 0 aliphatic heterocycles. The van der Waals surface area contributed by atoms with Crippen LogP contribution in [0.4, 0.5) is 5.69 Å². The molecule has 0 saturated heterocycles. The van der Waals surface area contributed by atoms with Crippen molar-refractivity contribution in [1.29, 1.82) is 0 Å². The summed E-state index contributed by atoms with van der Waals surface area (Å²) in [7, 11) is 1.61. The zero-order valence-corrected chi connectivity index (χ0v) is 13.2. The molecule has 0 aromatic heterocycles. The molecule has 0 heterocycles. The normalized spacial score (nSPS) is 10.2. The Morgan fingerprint density at radius 3 is 2.35 bits per heavy atom. The Kier molecular flexibility index (Phi) is 5.80. The highest BCUT2D eigenvalue weighted by atomic mass is 16.6. The number of nitrogens with zero attached hydrogens (tertiary/aromatic N) is 1. The lowest BCUT2D eigenvalue weighted by molar-refractivity contribution is -0.384. The van der Waals surface area contributed by atoms with E-state index in [-0.39, 0.29) is 5.69 Å². The van der Waals surface area contributed by atoms with E-state index in [0.717, 1.165) is 5.56 Å². The quantitative estimate of drug-likeness (QED) is 0.421. The van der Waals surface area contributed by atoms with E-state index in [4.69, 9.17) is 14.2 Å². The first-order chi connectivity index (χ1) is 11.1. The van der Waals surface area contributed by atoms with Crippen molar-refractivity contribution in [1.82, 2.24) is 0 Å². The molecule has 0 saturated carbocycles. The first-order valence-electron chi connectivity index (χ1n) is 7.25. The highest BCUT2D eigenvalue weighted by Gasteiger charge is 2.05. The molecule has 6 nitrogen and oxygen atoms in total. The van der Waals surface area contributed by atoms with Gasteiger partial charge in [0.1, 0.15) is 5.75 Å². The summed E-state index contributed by atoms with van der Waals surface area (Å²) in [5, 5.41) is 10.6. The Morgan fingerprint density at radius 2 is 1.70 bits per heavy atom. The molecule has 2 aromatic rings. The van der Waals surface area contributed by atoms with Crippen LogP contribution < -0.4 is 14.2 Å². The van der Waals surface area contributed by atoms with Crippen molar-refractivity contribution in [2.75, 3.05) is 20.3 Å². The van der Waals surface area contributed by atoms with Crippen molar-refractivity contribution in [3.63, 3.8) is 0 Å². The molecule has 0 fully saturated rings. The fraction of sp³-hybridized carbons (Fsp3) is 0.294. The van der Waals surface area contributed by atoms with Crippen molar-refractivity contribution < 1.29 is 19.1 Å². The third kappa shape index (κ3) is 4.88. The number of aryl methyl sites for hydroxylation is 1. The largest absolute Gasteiger partial charge is 0.493 e. The summed E-state index contributed by atoms with van der Waals surface area (Å²) < 4.78 is 16.5. The van der Waals surface area contributed by atoms with Gasteiger partial charge in [-0.2, -0.15) is 0 Å². The second kappa shape index (κ2) is 8.03. The second-order valence-electron chi connectivity index (χ2n) is 4.96. The van der Waals surface area contributed by atoms with Crippen LogP contribution in [0, 0.1) is 17.0 Å². The minimum atomic E-state index is -0.438. The number of hydrogen-bond acceptors (Lipinski definition) is 5. The minimum absolute atomic E-state index is 0.0483. The average molecular weight is 317 g/mol. The van der Waals surface area contributed by atoms with Crippen LogP contribution in [0.1, 0.15) is 12.0 Å². The Morgan fingerprint density at radius 1 is 1.00 bits per heavy atom. The van der Waals surface area contributed by atoms with Gasteiger partial charge in [-0.3, -0.25) is 10.1 Å². The number of ether oxygens (including phenoxy) is 3. The van der Waals surface area contributed by atoms with Gasteiger partial charge in [0.05, 0.1) is 25.2 Å². The van der Waals surface area contributed by atoms with Crippen LogP contribution in [0.5, 0.6) is 17.2 Å². The van der Waals surface area contributed by atoms with Crippen LogP contribution in [0.15, 0.2) is 42.5 Å². The lowest BCUT2D eigenvalue weighted by Gasteiger charge is -2.11. The predicted molar refractivity (Wildman–Crippen MR) is 86.4 cm³/mol. The number of rotatable bonds is 8. The Labute approximate surface area is 134 Å². The molecule has 0 aliphatic rings. The third-order valence-corrected chi connectivity index (χ3v) is 3.18. The van der Waals surface area contributed by atoms with Gasteiger partial charge in [-0.05, 0) is 36.8 Å². The summed E-state index contributed by atoms with van der Waals surface area (Å²) >= 11 is 0. The van der Waals surface area contributed by atoms with Crippen molar-refractivity contribution in [3.8, 4) is 17.2 Å². The molecule has 0 radical (unpaired) electrons. The summed E-state index contributed by atoms with van der Waals surface area (Å²) in [6.45, 7) is 2.95. The standard InChI is InChI=1S/C17H19NO5/c1-13-4-9-16(17(12-13)21-2)23-11-3-10-22-15-7-5-14(6-8-15)18(19)20/h4-9,12H,3,10-11H2,1-2H3. The average Bonchev–Trinajstić information content (AvgIpc) is 2.56. The first-order valence-corrected chi connectivity index (χ1v) is 7.25. The Hall–Kier alpha value is -2.76. The van der Waals surface area contributed by atoms with Crippen LogP contribution >= 0.6 is 0 Å². The molecule has 0 bridgehead atoms. The van der Waals surface area contributed by atoms with Gasteiger partial charge in [0.15, 0.2) is 11.5 Å². The topological polar surface area (TPSA) is 70.8 Å². The number of hydrogen-bond donors (Lipinski definition) is 0. The molecule has 0 amide bonds. The van der Waals surface area contributed by atoms with E-state index in [1.54, 1.807) is 19.2 Å². The van der Waals surface area contributed by atoms with Crippen LogP contribution in [-0.4, -0.2) is 25.2 Å².